The Hall–Kier alpha value is -1.62. The van der Waals surface area contributed by atoms with Gasteiger partial charge in [0, 0.05) is 12.7 Å². The van der Waals surface area contributed by atoms with Crippen LogP contribution in [0.2, 0.25) is 0 Å². The van der Waals surface area contributed by atoms with Gasteiger partial charge in [0.2, 0.25) is 0 Å². The molecule has 0 bridgehead atoms. The Morgan fingerprint density at radius 3 is 3.24 bits per heavy atom. The number of carbonyl (C=O) groups excluding carboxylic acids is 1. The minimum absolute atomic E-state index is 0.0673. The van der Waals surface area contributed by atoms with Crippen LogP contribution in [0.1, 0.15) is 23.8 Å². The number of ether oxygens (including phenoxy) is 1. The Labute approximate surface area is 100 Å². The lowest BCUT2D eigenvalue weighted by Crippen LogP contribution is -2.48. The maximum atomic E-state index is 12.2. The smallest absolute Gasteiger partial charge is 0.276 e. The number of hydrogen-bond acceptors (Lipinski definition) is 4. The summed E-state index contributed by atoms with van der Waals surface area (Å²) in [6.45, 7) is 3.65. The largest absolute Gasteiger partial charge is 0.505 e. The van der Waals surface area contributed by atoms with Gasteiger partial charge in [-0.25, -0.2) is 4.98 Å². The number of morpholine rings is 1. The lowest BCUT2D eigenvalue weighted by Gasteiger charge is -2.34. The molecule has 0 saturated carbocycles. The molecule has 1 aliphatic heterocycles. The summed E-state index contributed by atoms with van der Waals surface area (Å²) in [6.07, 6.45) is 2.34. The van der Waals surface area contributed by atoms with E-state index in [0.717, 1.165) is 6.42 Å². The average molecular weight is 236 g/mol. The lowest BCUT2D eigenvalue weighted by molar-refractivity contribution is -0.00325. The van der Waals surface area contributed by atoms with Crippen molar-refractivity contribution in [2.45, 2.75) is 19.4 Å². The predicted octanol–water partition coefficient (Wildman–Crippen LogP) is 1.04. The molecule has 1 fully saturated rings. The molecule has 1 aromatic heterocycles. The highest BCUT2D eigenvalue weighted by Crippen LogP contribution is 2.19. The van der Waals surface area contributed by atoms with Crippen molar-refractivity contribution in [2.75, 3.05) is 19.8 Å². The zero-order valence-corrected chi connectivity index (χ0v) is 9.80. The van der Waals surface area contributed by atoms with Crippen molar-refractivity contribution in [3.63, 3.8) is 0 Å². The minimum Gasteiger partial charge on any atom is -0.505 e. The van der Waals surface area contributed by atoms with E-state index in [0.29, 0.717) is 19.8 Å². The molecular formula is C12H16N2O3. The second-order valence-electron chi connectivity index (χ2n) is 4.01. The lowest BCUT2D eigenvalue weighted by atomic mass is 10.1. The van der Waals surface area contributed by atoms with Crippen molar-refractivity contribution in [1.82, 2.24) is 9.88 Å². The molecule has 1 N–H and O–H groups in total. The highest BCUT2D eigenvalue weighted by atomic mass is 16.5. The van der Waals surface area contributed by atoms with Crippen molar-refractivity contribution in [2.24, 2.45) is 0 Å². The van der Waals surface area contributed by atoms with Crippen LogP contribution in [-0.4, -0.2) is 46.7 Å². The van der Waals surface area contributed by atoms with Crippen LogP contribution >= 0.6 is 0 Å². The summed E-state index contributed by atoms with van der Waals surface area (Å²) in [6, 6.07) is 3.14. The van der Waals surface area contributed by atoms with Crippen LogP contribution in [0.5, 0.6) is 5.75 Å². The van der Waals surface area contributed by atoms with E-state index in [1.54, 1.807) is 11.0 Å². The van der Waals surface area contributed by atoms with Gasteiger partial charge in [0.25, 0.3) is 5.91 Å². The third kappa shape index (κ3) is 2.39. The van der Waals surface area contributed by atoms with Crippen molar-refractivity contribution in [1.29, 1.82) is 0 Å². The fourth-order valence-electron chi connectivity index (χ4n) is 1.96. The Kier molecular flexibility index (Phi) is 3.58. The summed E-state index contributed by atoms with van der Waals surface area (Å²) in [5.41, 5.74) is 0.118. The first-order valence-electron chi connectivity index (χ1n) is 5.76. The quantitative estimate of drug-likeness (QED) is 0.833. The summed E-state index contributed by atoms with van der Waals surface area (Å²) in [5, 5.41) is 9.63. The van der Waals surface area contributed by atoms with E-state index in [9.17, 15) is 9.90 Å². The van der Waals surface area contributed by atoms with Crippen LogP contribution in [-0.2, 0) is 4.74 Å². The topological polar surface area (TPSA) is 62.7 Å². The molecule has 1 saturated heterocycles. The summed E-state index contributed by atoms with van der Waals surface area (Å²) in [5.74, 6) is -0.294. The first-order valence-corrected chi connectivity index (χ1v) is 5.76. The van der Waals surface area contributed by atoms with Crippen LogP contribution in [0.3, 0.4) is 0 Å². The predicted molar refractivity (Wildman–Crippen MR) is 61.8 cm³/mol. The molecular weight excluding hydrogens is 220 g/mol. The zero-order valence-electron chi connectivity index (χ0n) is 9.80. The maximum Gasteiger partial charge on any atom is 0.276 e. The molecule has 1 unspecified atom stereocenters. The minimum atomic E-state index is -0.224. The van der Waals surface area contributed by atoms with Gasteiger partial charge in [-0.15, -0.1) is 0 Å². The van der Waals surface area contributed by atoms with Gasteiger partial charge in [0.05, 0.1) is 19.3 Å². The van der Waals surface area contributed by atoms with Crippen molar-refractivity contribution >= 4 is 5.91 Å². The fraction of sp³-hybridized carbons (Fsp3) is 0.500. The van der Waals surface area contributed by atoms with Gasteiger partial charge in [-0.2, -0.15) is 0 Å². The summed E-state index contributed by atoms with van der Waals surface area (Å²) in [7, 11) is 0. The van der Waals surface area contributed by atoms with Crippen LogP contribution in [0.4, 0.5) is 0 Å². The van der Waals surface area contributed by atoms with Crippen LogP contribution in [0, 0.1) is 0 Å². The van der Waals surface area contributed by atoms with Crippen LogP contribution in [0.15, 0.2) is 18.3 Å². The van der Waals surface area contributed by atoms with E-state index >= 15 is 0 Å². The molecule has 0 radical (unpaired) electrons. The molecule has 92 valence electrons. The summed E-state index contributed by atoms with van der Waals surface area (Å²) >= 11 is 0. The van der Waals surface area contributed by atoms with Crippen molar-refractivity contribution in [3.8, 4) is 5.75 Å². The van der Waals surface area contributed by atoms with Crippen LogP contribution < -0.4 is 0 Å². The number of carbonyl (C=O) groups is 1. The standard InChI is InChI=1S/C12H16N2O3/c1-2-9-8-17-7-6-14(9)12(16)11-10(15)4-3-5-13-11/h3-5,9,15H,2,6-8H2,1H3. The Morgan fingerprint density at radius 1 is 1.71 bits per heavy atom. The molecule has 5 nitrogen and oxygen atoms in total. The van der Waals surface area contributed by atoms with E-state index in [1.165, 1.54) is 12.3 Å². The van der Waals surface area contributed by atoms with E-state index in [2.05, 4.69) is 4.98 Å². The van der Waals surface area contributed by atoms with Gasteiger partial charge in [0.15, 0.2) is 5.69 Å². The molecule has 2 heterocycles. The molecule has 1 aromatic rings. The Balaban J connectivity index is 2.21. The first kappa shape index (κ1) is 11.9. The molecule has 0 aromatic carbocycles. The maximum absolute atomic E-state index is 12.2. The number of rotatable bonds is 2. The van der Waals surface area contributed by atoms with E-state index < -0.39 is 0 Å². The summed E-state index contributed by atoms with van der Waals surface area (Å²) < 4.78 is 5.34. The van der Waals surface area contributed by atoms with Gasteiger partial charge >= 0.3 is 0 Å². The molecule has 5 heteroatoms. The molecule has 1 atom stereocenters. The molecule has 0 spiro atoms. The van der Waals surface area contributed by atoms with Gasteiger partial charge in [0.1, 0.15) is 5.75 Å². The number of aromatic nitrogens is 1. The van der Waals surface area contributed by atoms with Gasteiger partial charge in [-0.05, 0) is 18.6 Å². The molecule has 1 amide bonds. The monoisotopic (exact) mass is 236 g/mol. The number of nitrogens with zero attached hydrogens (tertiary/aromatic N) is 2. The number of aromatic hydroxyl groups is 1. The highest BCUT2D eigenvalue weighted by Gasteiger charge is 2.28. The van der Waals surface area contributed by atoms with Crippen molar-refractivity contribution in [3.05, 3.63) is 24.0 Å². The molecule has 1 aliphatic rings. The molecule has 0 aliphatic carbocycles. The van der Waals surface area contributed by atoms with Gasteiger partial charge in [-0.1, -0.05) is 6.92 Å². The van der Waals surface area contributed by atoms with E-state index in [4.69, 9.17) is 4.74 Å². The second kappa shape index (κ2) is 5.14. The van der Waals surface area contributed by atoms with E-state index in [-0.39, 0.29) is 23.4 Å². The zero-order chi connectivity index (χ0) is 12.3. The average Bonchev–Trinajstić information content (AvgIpc) is 2.38. The Bertz CT molecular complexity index is 408. The number of hydrogen-bond donors (Lipinski definition) is 1. The second-order valence-corrected chi connectivity index (χ2v) is 4.01. The van der Waals surface area contributed by atoms with E-state index in [1.807, 2.05) is 6.92 Å². The normalized spacial score (nSPS) is 20.3. The van der Waals surface area contributed by atoms with Gasteiger partial charge < -0.3 is 14.7 Å². The third-order valence-electron chi connectivity index (χ3n) is 2.95. The van der Waals surface area contributed by atoms with Crippen LogP contribution in [0.25, 0.3) is 0 Å². The first-order chi connectivity index (χ1) is 8.24. The molecule has 2 rings (SSSR count). The highest BCUT2D eigenvalue weighted by molar-refractivity contribution is 5.95. The number of pyridine rings is 1. The SMILES string of the molecule is CCC1COCCN1C(=O)c1ncccc1O. The fourth-order valence-corrected chi connectivity index (χ4v) is 1.96. The third-order valence-corrected chi connectivity index (χ3v) is 2.95. The Morgan fingerprint density at radius 2 is 2.53 bits per heavy atom. The molecule has 17 heavy (non-hydrogen) atoms. The number of amides is 1. The summed E-state index contributed by atoms with van der Waals surface area (Å²) in [4.78, 5) is 17.9. The van der Waals surface area contributed by atoms with Crippen molar-refractivity contribution < 1.29 is 14.6 Å². The van der Waals surface area contributed by atoms with Gasteiger partial charge in [-0.3, -0.25) is 4.79 Å².